The maximum Gasteiger partial charge on any atom is 0.263 e. The Hall–Kier alpha value is -2.72. The van der Waals surface area contributed by atoms with E-state index in [1.165, 1.54) is 0 Å². The highest BCUT2D eigenvalue weighted by molar-refractivity contribution is 6.30. The van der Waals surface area contributed by atoms with E-state index in [0.717, 1.165) is 25.9 Å². The summed E-state index contributed by atoms with van der Waals surface area (Å²) in [7, 11) is 0. The molecule has 0 aliphatic carbocycles. The first-order valence-corrected chi connectivity index (χ1v) is 7.97. The highest BCUT2D eigenvalue weighted by Gasteiger charge is 2.22. The fourth-order valence-corrected chi connectivity index (χ4v) is 2.67. The van der Waals surface area contributed by atoms with E-state index in [0.29, 0.717) is 28.0 Å². The van der Waals surface area contributed by atoms with Crippen molar-refractivity contribution in [3.05, 3.63) is 34.9 Å². The van der Waals surface area contributed by atoms with Crippen LogP contribution in [0.25, 0.3) is 0 Å². The first-order chi connectivity index (χ1) is 11.7. The number of nitriles is 1. The lowest BCUT2D eigenvalue weighted by Gasteiger charge is -2.13. The van der Waals surface area contributed by atoms with Crippen molar-refractivity contribution in [3.63, 3.8) is 0 Å². The number of aromatic amines is 1. The molecular weight excluding hydrogens is 330 g/mol. The van der Waals surface area contributed by atoms with Crippen LogP contribution in [0.15, 0.2) is 24.3 Å². The number of nitrogens with zero attached hydrogens (tertiary/aromatic N) is 3. The highest BCUT2D eigenvalue weighted by Crippen LogP contribution is 2.26. The Morgan fingerprint density at radius 3 is 2.75 bits per heavy atom. The molecule has 1 aliphatic rings. The van der Waals surface area contributed by atoms with Crippen molar-refractivity contribution >= 4 is 29.1 Å². The van der Waals surface area contributed by atoms with Crippen LogP contribution >= 0.6 is 11.6 Å². The highest BCUT2D eigenvalue weighted by atomic mass is 35.5. The molecule has 124 valence electrons. The predicted octanol–water partition coefficient (Wildman–Crippen LogP) is 2.55. The van der Waals surface area contributed by atoms with Crippen LogP contribution in [0.5, 0.6) is 5.75 Å². The van der Waals surface area contributed by atoms with E-state index in [4.69, 9.17) is 16.3 Å². The molecule has 7 nitrogen and oxygen atoms in total. The van der Waals surface area contributed by atoms with E-state index in [2.05, 4.69) is 21.6 Å². The van der Waals surface area contributed by atoms with E-state index in [1.807, 2.05) is 4.90 Å². The summed E-state index contributed by atoms with van der Waals surface area (Å²) in [5.74, 6) is 1.04. The van der Waals surface area contributed by atoms with Gasteiger partial charge in [0, 0.05) is 18.1 Å². The van der Waals surface area contributed by atoms with Gasteiger partial charge in [-0.15, -0.1) is 0 Å². The summed E-state index contributed by atoms with van der Waals surface area (Å²) >= 11 is 5.79. The standard InChI is InChI=1S/C16H16ClN5O2/c17-11-3-5-12(6-4-11)24-10-14(23)19-15-13(9-18)16(21-20-15)22-7-1-2-8-22/h3-6H,1-2,7-8,10H2,(H2,19,20,21,23). The summed E-state index contributed by atoms with van der Waals surface area (Å²) in [6, 6.07) is 8.82. The number of H-pyrrole nitrogens is 1. The second-order valence-electron chi connectivity index (χ2n) is 5.39. The zero-order valence-corrected chi connectivity index (χ0v) is 13.6. The number of nitrogens with one attached hydrogen (secondary N) is 2. The monoisotopic (exact) mass is 345 g/mol. The van der Waals surface area contributed by atoms with Gasteiger partial charge in [-0.2, -0.15) is 10.4 Å². The number of benzene rings is 1. The largest absolute Gasteiger partial charge is 0.484 e. The van der Waals surface area contributed by atoms with E-state index in [9.17, 15) is 10.1 Å². The molecule has 1 aromatic heterocycles. The fourth-order valence-electron chi connectivity index (χ4n) is 2.54. The lowest BCUT2D eigenvalue weighted by molar-refractivity contribution is -0.118. The zero-order valence-electron chi connectivity index (χ0n) is 12.9. The van der Waals surface area contributed by atoms with E-state index >= 15 is 0 Å². The SMILES string of the molecule is N#Cc1c(N2CCCC2)n[nH]c1NC(=O)COc1ccc(Cl)cc1. The maximum absolute atomic E-state index is 12.0. The first kappa shape index (κ1) is 16.1. The third-order valence-electron chi connectivity index (χ3n) is 3.71. The fraction of sp³-hybridized carbons (Fsp3) is 0.312. The van der Waals surface area contributed by atoms with Gasteiger partial charge in [-0.05, 0) is 37.1 Å². The number of halogens is 1. The van der Waals surface area contributed by atoms with Gasteiger partial charge in [-0.1, -0.05) is 11.6 Å². The molecule has 24 heavy (non-hydrogen) atoms. The quantitative estimate of drug-likeness (QED) is 0.868. The number of amides is 1. The Morgan fingerprint density at radius 1 is 1.38 bits per heavy atom. The molecule has 2 N–H and O–H groups in total. The van der Waals surface area contributed by atoms with Crippen LogP contribution < -0.4 is 15.0 Å². The minimum Gasteiger partial charge on any atom is -0.484 e. The molecule has 0 spiro atoms. The molecular formula is C16H16ClN5O2. The molecule has 2 heterocycles. The number of ether oxygens (including phenoxy) is 1. The van der Waals surface area contributed by atoms with Gasteiger partial charge in [0.25, 0.3) is 5.91 Å². The van der Waals surface area contributed by atoms with Gasteiger partial charge in [-0.3, -0.25) is 9.89 Å². The molecule has 0 atom stereocenters. The second kappa shape index (κ2) is 7.23. The average molecular weight is 346 g/mol. The van der Waals surface area contributed by atoms with Crippen molar-refractivity contribution in [3.8, 4) is 11.8 Å². The molecule has 1 saturated heterocycles. The molecule has 3 rings (SSSR count). The smallest absolute Gasteiger partial charge is 0.263 e. The van der Waals surface area contributed by atoms with Crippen LogP contribution in [0, 0.1) is 11.3 Å². The maximum atomic E-state index is 12.0. The van der Waals surface area contributed by atoms with Gasteiger partial charge in [0.2, 0.25) is 0 Å². The van der Waals surface area contributed by atoms with Gasteiger partial charge < -0.3 is 15.0 Å². The van der Waals surface area contributed by atoms with Gasteiger partial charge in [0.15, 0.2) is 12.4 Å². The van der Waals surface area contributed by atoms with E-state index < -0.39 is 0 Å². The second-order valence-corrected chi connectivity index (χ2v) is 5.83. The molecule has 8 heteroatoms. The number of carbonyl (C=O) groups is 1. The summed E-state index contributed by atoms with van der Waals surface area (Å²) in [5.41, 5.74) is 0.344. The Kier molecular flexibility index (Phi) is 4.87. The van der Waals surface area contributed by atoms with Crippen molar-refractivity contribution in [2.75, 3.05) is 29.9 Å². The van der Waals surface area contributed by atoms with Crippen LogP contribution in [0.1, 0.15) is 18.4 Å². The Bertz CT molecular complexity index is 760. The lowest BCUT2D eigenvalue weighted by atomic mass is 10.3. The summed E-state index contributed by atoms with van der Waals surface area (Å²) in [4.78, 5) is 14.1. The van der Waals surface area contributed by atoms with Gasteiger partial charge in [0.1, 0.15) is 23.2 Å². The van der Waals surface area contributed by atoms with Crippen LogP contribution in [-0.4, -0.2) is 35.8 Å². The molecule has 0 bridgehead atoms. The van der Waals surface area contributed by atoms with Crippen molar-refractivity contribution in [1.29, 1.82) is 5.26 Å². The molecule has 1 aliphatic heterocycles. The van der Waals surface area contributed by atoms with E-state index in [-0.39, 0.29) is 12.5 Å². The van der Waals surface area contributed by atoms with Crippen LogP contribution in [0.2, 0.25) is 5.02 Å². The predicted molar refractivity (Wildman–Crippen MR) is 90.3 cm³/mol. The molecule has 1 fully saturated rings. The van der Waals surface area contributed by atoms with E-state index in [1.54, 1.807) is 24.3 Å². The minimum absolute atomic E-state index is 0.176. The third-order valence-corrected chi connectivity index (χ3v) is 3.96. The Labute approximate surface area is 144 Å². The number of carbonyl (C=O) groups excluding carboxylic acids is 1. The zero-order chi connectivity index (χ0) is 16.9. The first-order valence-electron chi connectivity index (χ1n) is 7.59. The molecule has 1 amide bonds. The van der Waals surface area contributed by atoms with Crippen molar-refractivity contribution in [2.45, 2.75) is 12.8 Å². The molecule has 2 aromatic rings. The number of hydrogen-bond donors (Lipinski definition) is 2. The van der Waals surface area contributed by atoms with Crippen LogP contribution in [0.4, 0.5) is 11.6 Å². The Balaban J connectivity index is 1.62. The summed E-state index contributed by atoms with van der Waals surface area (Å²) in [6.07, 6.45) is 2.16. The lowest BCUT2D eigenvalue weighted by Crippen LogP contribution is -2.21. The van der Waals surface area contributed by atoms with Crippen molar-refractivity contribution < 1.29 is 9.53 Å². The van der Waals surface area contributed by atoms with Crippen LogP contribution in [0.3, 0.4) is 0 Å². The summed E-state index contributed by atoms with van der Waals surface area (Å²) < 4.78 is 5.38. The molecule has 0 saturated carbocycles. The average Bonchev–Trinajstić information content (AvgIpc) is 3.23. The topological polar surface area (TPSA) is 94.0 Å². The molecule has 0 radical (unpaired) electrons. The number of rotatable bonds is 5. The normalized spacial score (nSPS) is 13.6. The van der Waals surface area contributed by atoms with Gasteiger partial charge in [0.05, 0.1) is 0 Å². The molecule has 0 unspecified atom stereocenters. The number of anilines is 2. The van der Waals surface area contributed by atoms with Crippen molar-refractivity contribution in [1.82, 2.24) is 10.2 Å². The number of aromatic nitrogens is 2. The van der Waals surface area contributed by atoms with Gasteiger partial charge in [-0.25, -0.2) is 0 Å². The number of hydrogen-bond acceptors (Lipinski definition) is 5. The van der Waals surface area contributed by atoms with Crippen molar-refractivity contribution in [2.24, 2.45) is 0 Å². The van der Waals surface area contributed by atoms with Crippen LogP contribution in [-0.2, 0) is 4.79 Å². The summed E-state index contributed by atoms with van der Waals surface area (Å²) in [6.45, 7) is 1.56. The minimum atomic E-state index is -0.377. The Morgan fingerprint density at radius 2 is 2.08 bits per heavy atom. The molecule has 1 aromatic carbocycles. The summed E-state index contributed by atoms with van der Waals surface area (Å²) in [5, 5.41) is 19.5. The third kappa shape index (κ3) is 3.60. The van der Waals surface area contributed by atoms with Gasteiger partial charge >= 0.3 is 0 Å².